The summed E-state index contributed by atoms with van der Waals surface area (Å²) in [5.41, 5.74) is 0. The molecule has 0 saturated heterocycles. The molecule has 0 spiro atoms. The van der Waals surface area contributed by atoms with Crippen molar-refractivity contribution in [1.82, 2.24) is 0 Å². The Morgan fingerprint density at radius 3 is 1.64 bits per heavy atom. The molecule has 0 aliphatic rings. The Hall–Kier alpha value is -1.38. The Balaban J connectivity index is 2.99. The van der Waals surface area contributed by atoms with Gasteiger partial charge in [-0.25, -0.2) is 0 Å². The lowest BCUT2D eigenvalue weighted by Crippen LogP contribution is -1.89. The predicted octanol–water partition coefficient (Wildman–Crippen LogP) is 1.68. The van der Waals surface area contributed by atoms with Crippen LogP contribution in [0.5, 0.6) is 0 Å². The highest BCUT2D eigenvalue weighted by Gasteiger charge is 2.08. The maximum Gasteiger partial charge on any atom is 0.194 e. The third-order valence-corrected chi connectivity index (χ3v) is 1.30. The van der Waals surface area contributed by atoms with Gasteiger partial charge in [0.05, 0.1) is 0 Å². The zero-order valence-electron chi connectivity index (χ0n) is 6.38. The summed E-state index contributed by atoms with van der Waals surface area (Å²) < 4.78 is 4.91. The van der Waals surface area contributed by atoms with E-state index in [1.165, 1.54) is 26.0 Å². The smallest absolute Gasteiger partial charge is 0.194 e. The zero-order chi connectivity index (χ0) is 8.43. The summed E-state index contributed by atoms with van der Waals surface area (Å²) >= 11 is 0. The van der Waals surface area contributed by atoms with Gasteiger partial charge in [0.15, 0.2) is 23.1 Å². The van der Waals surface area contributed by atoms with Crippen molar-refractivity contribution in [2.45, 2.75) is 13.8 Å². The molecular formula is C8H8O3. The molecule has 0 saturated carbocycles. The van der Waals surface area contributed by atoms with Crippen LogP contribution in [0, 0.1) is 0 Å². The lowest BCUT2D eigenvalue weighted by Gasteiger charge is -1.86. The first-order valence-corrected chi connectivity index (χ1v) is 3.23. The summed E-state index contributed by atoms with van der Waals surface area (Å²) in [6.07, 6.45) is 0. The lowest BCUT2D eigenvalue weighted by molar-refractivity contribution is 0.0964. The van der Waals surface area contributed by atoms with Crippen LogP contribution < -0.4 is 0 Å². The normalized spacial score (nSPS) is 9.64. The van der Waals surface area contributed by atoms with Crippen molar-refractivity contribution in [3.8, 4) is 0 Å². The molecular weight excluding hydrogens is 144 g/mol. The Morgan fingerprint density at radius 1 is 1.09 bits per heavy atom. The van der Waals surface area contributed by atoms with Crippen LogP contribution in [-0.4, -0.2) is 11.6 Å². The molecule has 0 N–H and O–H groups in total. The first kappa shape index (κ1) is 7.72. The van der Waals surface area contributed by atoms with Crippen LogP contribution in [0.1, 0.15) is 35.0 Å². The van der Waals surface area contributed by atoms with Crippen LogP contribution in [0.15, 0.2) is 16.5 Å². The van der Waals surface area contributed by atoms with Gasteiger partial charge in [-0.1, -0.05) is 0 Å². The molecule has 1 aromatic heterocycles. The van der Waals surface area contributed by atoms with E-state index in [4.69, 9.17) is 4.42 Å². The Morgan fingerprint density at radius 2 is 1.45 bits per heavy atom. The average Bonchev–Trinajstić information content (AvgIpc) is 2.33. The van der Waals surface area contributed by atoms with E-state index in [-0.39, 0.29) is 23.1 Å². The van der Waals surface area contributed by atoms with Gasteiger partial charge >= 0.3 is 0 Å². The lowest BCUT2D eigenvalue weighted by atomic mass is 10.3. The molecule has 1 aromatic rings. The predicted molar refractivity (Wildman–Crippen MR) is 38.7 cm³/mol. The fraction of sp³-hybridized carbons (Fsp3) is 0.250. The second-order valence-corrected chi connectivity index (χ2v) is 2.28. The van der Waals surface area contributed by atoms with E-state index in [9.17, 15) is 9.59 Å². The van der Waals surface area contributed by atoms with Crippen molar-refractivity contribution in [1.29, 1.82) is 0 Å². The molecule has 3 nitrogen and oxygen atoms in total. The summed E-state index contributed by atoms with van der Waals surface area (Å²) in [5, 5.41) is 0. The number of hydrogen-bond acceptors (Lipinski definition) is 3. The molecule has 0 bridgehead atoms. The SMILES string of the molecule is CC(=O)c1ccc(C(C)=O)o1. The van der Waals surface area contributed by atoms with E-state index in [1.54, 1.807) is 0 Å². The number of Topliss-reactive ketones (excluding diaryl/α,β-unsaturated/α-hetero) is 2. The molecule has 0 atom stereocenters. The molecule has 0 fully saturated rings. The molecule has 0 amide bonds. The average molecular weight is 152 g/mol. The Labute approximate surface area is 64.0 Å². The fourth-order valence-electron chi connectivity index (χ4n) is 0.716. The quantitative estimate of drug-likeness (QED) is 0.606. The molecule has 0 radical (unpaired) electrons. The maximum atomic E-state index is 10.7. The Bertz CT molecular complexity index is 268. The summed E-state index contributed by atoms with van der Waals surface area (Å²) in [4.78, 5) is 21.4. The number of rotatable bonds is 2. The number of carbonyl (C=O) groups is 2. The van der Waals surface area contributed by atoms with E-state index in [0.717, 1.165) is 0 Å². The highest BCUT2D eigenvalue weighted by atomic mass is 16.4. The minimum atomic E-state index is -0.169. The second-order valence-electron chi connectivity index (χ2n) is 2.28. The first-order valence-electron chi connectivity index (χ1n) is 3.23. The van der Waals surface area contributed by atoms with Gasteiger partial charge in [0.1, 0.15) is 0 Å². The minimum absolute atomic E-state index is 0.169. The topological polar surface area (TPSA) is 47.3 Å². The molecule has 0 aliphatic heterocycles. The third kappa shape index (κ3) is 1.55. The standard InChI is InChI=1S/C8H8O3/c1-5(9)7-3-4-8(11-7)6(2)10/h3-4H,1-2H3. The van der Waals surface area contributed by atoms with Crippen LogP contribution in [0.25, 0.3) is 0 Å². The molecule has 3 heteroatoms. The van der Waals surface area contributed by atoms with Gasteiger partial charge < -0.3 is 4.42 Å². The summed E-state index contributed by atoms with van der Waals surface area (Å²) in [7, 11) is 0. The maximum absolute atomic E-state index is 10.7. The van der Waals surface area contributed by atoms with E-state index < -0.39 is 0 Å². The summed E-state index contributed by atoms with van der Waals surface area (Å²) in [6, 6.07) is 3.00. The molecule has 0 aromatic carbocycles. The monoisotopic (exact) mass is 152 g/mol. The van der Waals surface area contributed by atoms with Crippen molar-refractivity contribution < 1.29 is 14.0 Å². The largest absolute Gasteiger partial charge is 0.450 e. The van der Waals surface area contributed by atoms with E-state index in [1.807, 2.05) is 0 Å². The van der Waals surface area contributed by atoms with Crippen molar-refractivity contribution in [3.63, 3.8) is 0 Å². The van der Waals surface area contributed by atoms with Crippen LogP contribution in [0.2, 0.25) is 0 Å². The van der Waals surface area contributed by atoms with Crippen LogP contribution in [0.4, 0.5) is 0 Å². The number of carbonyl (C=O) groups excluding carboxylic acids is 2. The number of hydrogen-bond donors (Lipinski definition) is 0. The Kier molecular flexibility index (Phi) is 1.89. The van der Waals surface area contributed by atoms with Gasteiger partial charge in [0, 0.05) is 13.8 Å². The molecule has 1 heterocycles. The van der Waals surface area contributed by atoms with Gasteiger partial charge in [0.25, 0.3) is 0 Å². The van der Waals surface area contributed by atoms with Crippen molar-refractivity contribution in [2.75, 3.05) is 0 Å². The van der Waals surface area contributed by atoms with Gasteiger partial charge in [0.2, 0.25) is 0 Å². The van der Waals surface area contributed by atoms with E-state index >= 15 is 0 Å². The highest BCUT2D eigenvalue weighted by molar-refractivity contribution is 5.95. The van der Waals surface area contributed by atoms with Gasteiger partial charge in [-0.05, 0) is 12.1 Å². The van der Waals surface area contributed by atoms with E-state index in [0.29, 0.717) is 0 Å². The van der Waals surface area contributed by atoms with Gasteiger partial charge in [-0.15, -0.1) is 0 Å². The van der Waals surface area contributed by atoms with Gasteiger partial charge in [-0.2, -0.15) is 0 Å². The van der Waals surface area contributed by atoms with Crippen molar-refractivity contribution >= 4 is 11.6 Å². The second kappa shape index (κ2) is 2.70. The molecule has 11 heavy (non-hydrogen) atoms. The van der Waals surface area contributed by atoms with Crippen LogP contribution in [0.3, 0.4) is 0 Å². The van der Waals surface area contributed by atoms with Crippen molar-refractivity contribution in [3.05, 3.63) is 23.7 Å². The van der Waals surface area contributed by atoms with Gasteiger partial charge in [-0.3, -0.25) is 9.59 Å². The first-order chi connectivity index (χ1) is 5.11. The zero-order valence-corrected chi connectivity index (χ0v) is 6.38. The minimum Gasteiger partial charge on any atom is -0.450 e. The third-order valence-electron chi connectivity index (χ3n) is 1.30. The molecule has 1 rings (SSSR count). The fourth-order valence-corrected chi connectivity index (χ4v) is 0.716. The van der Waals surface area contributed by atoms with Crippen LogP contribution >= 0.6 is 0 Å². The number of ketones is 2. The van der Waals surface area contributed by atoms with E-state index in [2.05, 4.69) is 0 Å². The summed E-state index contributed by atoms with van der Waals surface area (Å²) in [5.74, 6) is 0.125. The highest BCUT2D eigenvalue weighted by Crippen LogP contribution is 2.08. The molecule has 0 aliphatic carbocycles. The molecule has 0 unspecified atom stereocenters. The van der Waals surface area contributed by atoms with Crippen LogP contribution in [-0.2, 0) is 0 Å². The summed E-state index contributed by atoms with van der Waals surface area (Å²) in [6.45, 7) is 2.78. The number of furan rings is 1. The molecule has 58 valence electrons. The van der Waals surface area contributed by atoms with Crippen molar-refractivity contribution in [2.24, 2.45) is 0 Å².